The Morgan fingerprint density at radius 1 is 1.42 bits per heavy atom. The Morgan fingerprint density at radius 3 is 2.74 bits per heavy atom. The monoisotopic (exact) mass is 284 g/mol. The van der Waals surface area contributed by atoms with Crippen LogP contribution >= 0.6 is 0 Å². The van der Waals surface area contributed by atoms with Gasteiger partial charge in [-0.25, -0.2) is 8.42 Å². The van der Waals surface area contributed by atoms with E-state index in [2.05, 4.69) is 4.74 Å². The highest BCUT2D eigenvalue weighted by Crippen LogP contribution is 2.27. The molecule has 1 heterocycles. The van der Waals surface area contributed by atoms with E-state index >= 15 is 0 Å². The fourth-order valence-electron chi connectivity index (χ4n) is 2.16. The first-order valence-corrected chi connectivity index (χ1v) is 7.33. The number of sulfonamides is 1. The Morgan fingerprint density at radius 2 is 2.11 bits per heavy atom. The lowest BCUT2D eigenvalue weighted by molar-refractivity contribution is -0.144. The molecule has 0 amide bonds. The van der Waals surface area contributed by atoms with Crippen LogP contribution in [0.15, 0.2) is 29.2 Å². The van der Waals surface area contributed by atoms with Crippen molar-refractivity contribution >= 4 is 21.7 Å². The van der Waals surface area contributed by atoms with Crippen LogP contribution in [0.5, 0.6) is 0 Å². The number of methoxy groups -OCH3 is 1. The van der Waals surface area contributed by atoms with Gasteiger partial charge in [0.15, 0.2) is 0 Å². The molecule has 19 heavy (non-hydrogen) atoms. The van der Waals surface area contributed by atoms with Gasteiger partial charge in [0.2, 0.25) is 10.0 Å². The third-order valence-electron chi connectivity index (χ3n) is 3.22. The molecule has 6 nitrogen and oxygen atoms in total. The number of carbonyl (C=O) groups excluding carboxylic acids is 1. The van der Waals surface area contributed by atoms with Crippen molar-refractivity contribution in [3.8, 4) is 0 Å². The van der Waals surface area contributed by atoms with Crippen molar-refractivity contribution in [2.75, 3.05) is 25.9 Å². The number of benzene rings is 1. The first kappa shape index (κ1) is 13.8. The van der Waals surface area contributed by atoms with E-state index in [0.717, 1.165) is 0 Å². The van der Waals surface area contributed by atoms with E-state index in [4.69, 9.17) is 5.73 Å². The maximum absolute atomic E-state index is 12.4. The van der Waals surface area contributed by atoms with Gasteiger partial charge in [0, 0.05) is 13.1 Å². The molecule has 0 aromatic heterocycles. The number of hydrogen-bond donors (Lipinski definition) is 1. The topological polar surface area (TPSA) is 89.7 Å². The van der Waals surface area contributed by atoms with Crippen molar-refractivity contribution in [3.05, 3.63) is 24.3 Å². The maximum Gasteiger partial charge on any atom is 0.310 e. The summed E-state index contributed by atoms with van der Waals surface area (Å²) in [6, 6.07) is 6.31. The van der Waals surface area contributed by atoms with E-state index in [1.54, 1.807) is 18.2 Å². The van der Waals surface area contributed by atoms with Gasteiger partial charge < -0.3 is 10.5 Å². The van der Waals surface area contributed by atoms with Crippen molar-refractivity contribution in [3.63, 3.8) is 0 Å². The largest absolute Gasteiger partial charge is 0.469 e. The molecule has 104 valence electrons. The number of nitrogens with two attached hydrogens (primary N) is 1. The Balaban J connectivity index is 2.24. The van der Waals surface area contributed by atoms with Gasteiger partial charge in [0.1, 0.15) is 4.90 Å². The van der Waals surface area contributed by atoms with Crippen LogP contribution in [0.1, 0.15) is 6.42 Å². The highest BCUT2D eigenvalue weighted by molar-refractivity contribution is 7.89. The Kier molecular flexibility index (Phi) is 3.77. The van der Waals surface area contributed by atoms with E-state index in [1.807, 2.05) is 0 Å². The van der Waals surface area contributed by atoms with Crippen molar-refractivity contribution in [2.45, 2.75) is 11.3 Å². The van der Waals surface area contributed by atoms with Gasteiger partial charge >= 0.3 is 5.97 Å². The van der Waals surface area contributed by atoms with E-state index < -0.39 is 15.9 Å². The van der Waals surface area contributed by atoms with Gasteiger partial charge in [-0.1, -0.05) is 12.1 Å². The third kappa shape index (κ3) is 2.57. The van der Waals surface area contributed by atoms with Gasteiger partial charge in [-0.05, 0) is 18.6 Å². The van der Waals surface area contributed by atoms with Crippen molar-refractivity contribution < 1.29 is 17.9 Å². The first-order chi connectivity index (χ1) is 8.96. The van der Waals surface area contributed by atoms with Gasteiger partial charge in [-0.3, -0.25) is 4.79 Å². The molecule has 2 N–H and O–H groups in total. The van der Waals surface area contributed by atoms with Crippen LogP contribution in [0.25, 0.3) is 0 Å². The van der Waals surface area contributed by atoms with Crippen molar-refractivity contribution in [1.29, 1.82) is 0 Å². The summed E-state index contributed by atoms with van der Waals surface area (Å²) in [5.41, 5.74) is 5.91. The number of rotatable bonds is 3. The zero-order chi connectivity index (χ0) is 14.0. The lowest BCUT2D eigenvalue weighted by Crippen LogP contribution is -2.30. The molecular formula is C12H16N2O4S. The van der Waals surface area contributed by atoms with E-state index in [0.29, 0.717) is 13.0 Å². The summed E-state index contributed by atoms with van der Waals surface area (Å²) < 4.78 is 30.7. The summed E-state index contributed by atoms with van der Waals surface area (Å²) >= 11 is 0. The molecule has 1 aromatic rings. The van der Waals surface area contributed by atoms with E-state index in [-0.39, 0.29) is 23.1 Å². The molecule has 1 fully saturated rings. The standard InChI is InChI=1S/C12H16N2O4S/c1-18-12(15)9-6-7-14(8-9)19(16,17)11-5-3-2-4-10(11)13/h2-5,9H,6-8,13H2,1H3. The molecule has 0 saturated carbocycles. The predicted octanol–water partition coefficient (Wildman–Crippen LogP) is 0.452. The van der Waals surface area contributed by atoms with E-state index in [9.17, 15) is 13.2 Å². The smallest absolute Gasteiger partial charge is 0.310 e. The highest BCUT2D eigenvalue weighted by atomic mass is 32.2. The van der Waals surface area contributed by atoms with Crippen LogP contribution < -0.4 is 5.73 Å². The minimum atomic E-state index is -3.64. The van der Waals surface area contributed by atoms with Crippen LogP contribution in [0.3, 0.4) is 0 Å². The molecular weight excluding hydrogens is 268 g/mol. The Hall–Kier alpha value is -1.60. The minimum absolute atomic E-state index is 0.0838. The second-order valence-corrected chi connectivity index (χ2v) is 6.32. The van der Waals surface area contributed by atoms with Crippen LogP contribution in [-0.2, 0) is 19.6 Å². The first-order valence-electron chi connectivity index (χ1n) is 5.89. The fraction of sp³-hybridized carbons (Fsp3) is 0.417. The zero-order valence-electron chi connectivity index (χ0n) is 10.6. The van der Waals surface area contributed by atoms with Crippen LogP contribution in [-0.4, -0.2) is 38.9 Å². The van der Waals surface area contributed by atoms with Crippen LogP contribution in [0.2, 0.25) is 0 Å². The van der Waals surface area contributed by atoms with Gasteiger partial charge in [-0.2, -0.15) is 4.31 Å². The number of carbonyl (C=O) groups is 1. The summed E-state index contributed by atoms with van der Waals surface area (Å²) in [6.45, 7) is 0.444. The lowest BCUT2D eigenvalue weighted by Gasteiger charge is -2.17. The SMILES string of the molecule is COC(=O)C1CCN(S(=O)(=O)c2ccccc2N)C1. The molecule has 7 heteroatoms. The number of esters is 1. The molecule has 2 rings (SSSR count). The van der Waals surface area contributed by atoms with Crippen LogP contribution in [0, 0.1) is 5.92 Å². The number of hydrogen-bond acceptors (Lipinski definition) is 5. The molecule has 1 saturated heterocycles. The average molecular weight is 284 g/mol. The minimum Gasteiger partial charge on any atom is -0.469 e. The van der Waals surface area contributed by atoms with Crippen molar-refractivity contribution in [1.82, 2.24) is 4.31 Å². The highest BCUT2D eigenvalue weighted by Gasteiger charge is 2.36. The Labute approximate surface area is 112 Å². The molecule has 1 aliphatic heterocycles. The molecule has 0 bridgehead atoms. The summed E-state index contributed by atoms with van der Waals surface area (Å²) in [5.74, 6) is -0.775. The van der Waals surface area contributed by atoms with Gasteiger partial charge in [-0.15, -0.1) is 0 Å². The Bertz CT molecular complexity index is 585. The number of nitrogen functional groups attached to an aromatic ring is 1. The second kappa shape index (κ2) is 5.18. The normalized spacial score (nSPS) is 20.4. The number of para-hydroxylation sites is 1. The third-order valence-corrected chi connectivity index (χ3v) is 5.16. The summed E-state index contributed by atoms with van der Waals surface area (Å²) in [7, 11) is -2.34. The predicted molar refractivity (Wildman–Crippen MR) is 69.7 cm³/mol. The molecule has 0 spiro atoms. The fourth-order valence-corrected chi connectivity index (χ4v) is 3.78. The second-order valence-electron chi connectivity index (χ2n) is 4.41. The molecule has 0 aliphatic carbocycles. The zero-order valence-corrected chi connectivity index (χ0v) is 11.4. The molecule has 1 unspecified atom stereocenters. The summed E-state index contributed by atoms with van der Waals surface area (Å²) in [6.07, 6.45) is 0.471. The van der Waals surface area contributed by atoms with Crippen molar-refractivity contribution in [2.24, 2.45) is 5.92 Å². The van der Waals surface area contributed by atoms with Gasteiger partial charge in [0.05, 0.1) is 18.7 Å². The average Bonchev–Trinajstić information content (AvgIpc) is 2.88. The lowest BCUT2D eigenvalue weighted by atomic mass is 10.1. The quantitative estimate of drug-likeness (QED) is 0.643. The maximum atomic E-state index is 12.4. The molecule has 1 aromatic carbocycles. The van der Waals surface area contributed by atoms with E-state index in [1.165, 1.54) is 17.5 Å². The molecule has 0 radical (unpaired) electrons. The number of ether oxygens (including phenoxy) is 1. The molecule has 1 atom stereocenters. The number of nitrogens with zero attached hydrogens (tertiary/aromatic N) is 1. The van der Waals surface area contributed by atoms with Gasteiger partial charge in [0.25, 0.3) is 0 Å². The van der Waals surface area contributed by atoms with Crippen LogP contribution in [0.4, 0.5) is 5.69 Å². The summed E-state index contributed by atoms with van der Waals surface area (Å²) in [5, 5.41) is 0. The number of anilines is 1. The summed E-state index contributed by atoms with van der Waals surface area (Å²) in [4.78, 5) is 11.5. The molecule has 1 aliphatic rings.